The summed E-state index contributed by atoms with van der Waals surface area (Å²) in [6, 6.07) is 18.8. The Labute approximate surface area is 165 Å². The number of nitrogens with zero attached hydrogens (tertiary/aromatic N) is 2. The minimum atomic E-state index is -0.409. The van der Waals surface area contributed by atoms with Gasteiger partial charge in [0.25, 0.3) is 5.69 Å². The number of nitrogens with one attached hydrogen (secondary N) is 3. The number of hydrogen-bond acceptors (Lipinski definition) is 4. The van der Waals surface area contributed by atoms with Gasteiger partial charge in [0.1, 0.15) is 0 Å². The molecule has 138 valence electrons. The number of fused-ring (bicyclic) bond motifs is 2. The van der Waals surface area contributed by atoms with Gasteiger partial charge in [0.2, 0.25) is 0 Å². The van der Waals surface area contributed by atoms with Crippen LogP contribution in [0.5, 0.6) is 0 Å². The third-order valence-corrected chi connectivity index (χ3v) is 4.51. The maximum atomic E-state index is 11.3. The summed E-state index contributed by atoms with van der Waals surface area (Å²) in [4.78, 5) is 13.9. The number of benzene rings is 3. The molecule has 0 amide bonds. The van der Waals surface area contributed by atoms with Crippen LogP contribution >= 0.6 is 12.2 Å². The fraction of sp³-hybridized carbons (Fsp3) is 0. The van der Waals surface area contributed by atoms with Crippen LogP contribution in [0, 0.1) is 10.1 Å². The van der Waals surface area contributed by atoms with E-state index in [0.717, 1.165) is 16.5 Å². The number of thiocarbonyl (C=S) groups is 1. The molecule has 0 atom stereocenters. The summed E-state index contributed by atoms with van der Waals surface area (Å²) in [5.74, 6) is 0. The molecule has 7 nitrogen and oxygen atoms in total. The molecule has 0 spiro atoms. The van der Waals surface area contributed by atoms with Crippen molar-refractivity contribution >= 4 is 56.6 Å². The van der Waals surface area contributed by atoms with E-state index in [-0.39, 0.29) is 5.69 Å². The largest absolute Gasteiger partial charge is 0.360 e. The molecule has 0 saturated carbocycles. The topological polar surface area (TPSA) is 95.3 Å². The van der Waals surface area contributed by atoms with Crippen molar-refractivity contribution in [3.8, 4) is 0 Å². The first-order chi connectivity index (χ1) is 13.6. The second kappa shape index (κ2) is 7.45. The number of anilines is 1. The molecule has 28 heavy (non-hydrogen) atoms. The lowest BCUT2D eigenvalue weighted by molar-refractivity contribution is -0.383. The van der Waals surface area contributed by atoms with Crippen LogP contribution < -0.4 is 10.7 Å². The van der Waals surface area contributed by atoms with Crippen LogP contribution in [0.2, 0.25) is 0 Å². The molecule has 3 N–H and O–H groups in total. The number of rotatable bonds is 4. The van der Waals surface area contributed by atoms with Gasteiger partial charge in [0.15, 0.2) is 5.11 Å². The van der Waals surface area contributed by atoms with E-state index < -0.39 is 4.92 Å². The molecule has 0 aliphatic rings. The Morgan fingerprint density at radius 3 is 2.75 bits per heavy atom. The Kier molecular flexibility index (Phi) is 4.69. The predicted molar refractivity (Wildman–Crippen MR) is 116 cm³/mol. The van der Waals surface area contributed by atoms with Crippen LogP contribution in [0.15, 0.2) is 72.0 Å². The lowest BCUT2D eigenvalue weighted by atomic mass is 10.1. The second-order valence-electron chi connectivity index (χ2n) is 6.05. The van der Waals surface area contributed by atoms with Crippen molar-refractivity contribution in [1.29, 1.82) is 0 Å². The summed E-state index contributed by atoms with van der Waals surface area (Å²) in [5.41, 5.74) is 4.92. The van der Waals surface area contributed by atoms with Gasteiger partial charge in [-0.3, -0.25) is 15.5 Å². The molecule has 0 radical (unpaired) electrons. The van der Waals surface area contributed by atoms with Crippen LogP contribution in [-0.2, 0) is 0 Å². The summed E-state index contributed by atoms with van der Waals surface area (Å²) in [6.07, 6.45) is 3.17. The molecule has 0 aliphatic carbocycles. The highest BCUT2D eigenvalue weighted by Gasteiger charge is 2.15. The number of nitro benzene ring substituents is 1. The van der Waals surface area contributed by atoms with E-state index in [2.05, 4.69) is 20.8 Å². The van der Waals surface area contributed by atoms with Crippen LogP contribution in [0.4, 0.5) is 11.4 Å². The van der Waals surface area contributed by atoms with Gasteiger partial charge in [0, 0.05) is 28.9 Å². The Morgan fingerprint density at radius 2 is 1.89 bits per heavy atom. The lowest BCUT2D eigenvalue weighted by Gasteiger charge is -2.09. The van der Waals surface area contributed by atoms with Crippen molar-refractivity contribution in [1.82, 2.24) is 10.4 Å². The maximum absolute atomic E-state index is 11.3. The van der Waals surface area contributed by atoms with E-state index >= 15 is 0 Å². The van der Waals surface area contributed by atoms with E-state index in [0.29, 0.717) is 21.6 Å². The molecule has 4 aromatic rings. The molecule has 1 aromatic heterocycles. The Hall–Kier alpha value is -3.78. The van der Waals surface area contributed by atoms with Gasteiger partial charge < -0.3 is 10.3 Å². The highest BCUT2D eigenvalue weighted by atomic mass is 32.1. The highest BCUT2D eigenvalue weighted by molar-refractivity contribution is 7.80. The number of hydrazone groups is 1. The molecule has 0 aliphatic heterocycles. The fourth-order valence-corrected chi connectivity index (χ4v) is 3.25. The molecule has 1 heterocycles. The summed E-state index contributed by atoms with van der Waals surface area (Å²) < 4.78 is 0. The number of hydrogen-bond donors (Lipinski definition) is 3. The van der Waals surface area contributed by atoms with Crippen LogP contribution in [0.25, 0.3) is 21.7 Å². The van der Waals surface area contributed by atoms with Crippen molar-refractivity contribution < 1.29 is 4.92 Å². The summed E-state index contributed by atoms with van der Waals surface area (Å²) in [7, 11) is 0. The predicted octanol–water partition coefficient (Wildman–Crippen LogP) is 4.55. The zero-order chi connectivity index (χ0) is 19.5. The van der Waals surface area contributed by atoms with Crippen LogP contribution in [0.3, 0.4) is 0 Å². The van der Waals surface area contributed by atoms with Gasteiger partial charge in [-0.2, -0.15) is 5.10 Å². The average molecular weight is 389 g/mol. The normalized spacial score (nSPS) is 11.1. The standard InChI is InChI=1S/C20H15N5O2S/c26-25(27)18-10-4-9-17-19(18)14(11-21-17)12-22-24-20(28)23-16-8-3-6-13-5-1-2-7-15(13)16/h1-12,21H,(H2,23,24,28)/b22-12+. The first-order valence-electron chi connectivity index (χ1n) is 8.46. The maximum Gasteiger partial charge on any atom is 0.279 e. The summed E-state index contributed by atoms with van der Waals surface area (Å²) in [5, 5.41) is 21.5. The minimum Gasteiger partial charge on any atom is -0.360 e. The van der Waals surface area contributed by atoms with Crippen molar-refractivity contribution in [3.63, 3.8) is 0 Å². The number of non-ortho nitro benzene ring substituents is 1. The molecular weight excluding hydrogens is 374 g/mol. The van der Waals surface area contributed by atoms with Crippen molar-refractivity contribution in [3.05, 3.63) is 82.5 Å². The Morgan fingerprint density at radius 1 is 1.11 bits per heavy atom. The Bertz CT molecular complexity index is 1230. The van der Waals surface area contributed by atoms with Gasteiger partial charge in [-0.05, 0) is 29.7 Å². The van der Waals surface area contributed by atoms with E-state index in [4.69, 9.17) is 12.2 Å². The molecular formula is C20H15N5O2S. The van der Waals surface area contributed by atoms with E-state index in [1.54, 1.807) is 18.3 Å². The number of aromatic amines is 1. The van der Waals surface area contributed by atoms with Gasteiger partial charge in [-0.1, -0.05) is 42.5 Å². The van der Waals surface area contributed by atoms with Crippen LogP contribution in [-0.4, -0.2) is 21.2 Å². The molecule has 0 saturated heterocycles. The van der Waals surface area contributed by atoms with E-state index in [1.165, 1.54) is 12.3 Å². The monoisotopic (exact) mass is 389 g/mol. The lowest BCUT2D eigenvalue weighted by Crippen LogP contribution is -2.23. The highest BCUT2D eigenvalue weighted by Crippen LogP contribution is 2.27. The zero-order valence-electron chi connectivity index (χ0n) is 14.5. The first kappa shape index (κ1) is 17.6. The van der Waals surface area contributed by atoms with E-state index in [9.17, 15) is 10.1 Å². The van der Waals surface area contributed by atoms with Crippen LogP contribution in [0.1, 0.15) is 5.56 Å². The minimum absolute atomic E-state index is 0.0247. The number of H-pyrrole nitrogens is 1. The van der Waals surface area contributed by atoms with Crippen molar-refractivity contribution in [2.75, 3.05) is 5.32 Å². The zero-order valence-corrected chi connectivity index (χ0v) is 15.4. The SMILES string of the molecule is O=[N+]([O-])c1cccc2[nH]cc(/C=N/NC(=S)Nc3cccc4ccccc34)c12. The average Bonchev–Trinajstić information content (AvgIpc) is 3.11. The number of aromatic nitrogens is 1. The first-order valence-corrected chi connectivity index (χ1v) is 8.86. The second-order valence-corrected chi connectivity index (χ2v) is 6.46. The third kappa shape index (κ3) is 3.40. The molecule has 0 fully saturated rings. The molecule has 0 bridgehead atoms. The van der Waals surface area contributed by atoms with Gasteiger partial charge >= 0.3 is 0 Å². The fourth-order valence-electron chi connectivity index (χ4n) is 3.09. The smallest absolute Gasteiger partial charge is 0.279 e. The van der Waals surface area contributed by atoms with E-state index in [1.807, 2.05) is 42.5 Å². The molecule has 8 heteroatoms. The summed E-state index contributed by atoms with van der Waals surface area (Å²) >= 11 is 5.30. The van der Waals surface area contributed by atoms with Crippen molar-refractivity contribution in [2.45, 2.75) is 0 Å². The summed E-state index contributed by atoms with van der Waals surface area (Å²) in [6.45, 7) is 0. The van der Waals surface area contributed by atoms with Gasteiger partial charge in [-0.15, -0.1) is 0 Å². The van der Waals surface area contributed by atoms with Gasteiger partial charge in [0.05, 0.1) is 22.0 Å². The molecule has 0 unspecified atom stereocenters. The quantitative estimate of drug-likeness (QED) is 0.206. The Balaban J connectivity index is 1.52. The van der Waals surface area contributed by atoms with Crippen molar-refractivity contribution in [2.24, 2.45) is 5.10 Å². The third-order valence-electron chi connectivity index (χ3n) is 4.32. The van der Waals surface area contributed by atoms with Gasteiger partial charge in [-0.25, -0.2) is 0 Å². The molecule has 4 rings (SSSR count). The number of nitro groups is 1. The molecule has 3 aromatic carbocycles.